The number of carbonyl (C=O) groups excluding carboxylic acids is 1. The van der Waals surface area contributed by atoms with Crippen LogP contribution in [-0.4, -0.2) is 49.1 Å². The van der Waals surface area contributed by atoms with Crippen LogP contribution in [0.2, 0.25) is 0 Å². The molecule has 3 atom stereocenters. The second kappa shape index (κ2) is 5.34. The van der Waals surface area contributed by atoms with E-state index in [4.69, 9.17) is 0 Å². The number of hydrogen-bond acceptors (Lipinski definition) is 5. The Bertz CT molecular complexity index is 723. The van der Waals surface area contributed by atoms with Gasteiger partial charge in [-0.15, -0.1) is 11.3 Å². The number of carbonyl (C=O) groups is 2. The molecule has 1 aliphatic carbocycles. The summed E-state index contributed by atoms with van der Waals surface area (Å²) in [5, 5.41) is 9.47. The Morgan fingerprint density at radius 3 is 2.64 bits per heavy atom. The van der Waals surface area contributed by atoms with Crippen LogP contribution in [0, 0.1) is 11.8 Å². The SMILES string of the molecule is CS(=O)(=O)c1ccc(C(=O)N2CC3CCCC3C2C(=O)O)s1. The molecule has 0 radical (unpaired) electrons. The quantitative estimate of drug-likeness (QED) is 0.897. The second-order valence-electron chi connectivity index (χ2n) is 5.99. The van der Waals surface area contributed by atoms with Crippen molar-refractivity contribution in [1.29, 1.82) is 0 Å². The first-order chi connectivity index (χ1) is 10.3. The van der Waals surface area contributed by atoms with Gasteiger partial charge in [0, 0.05) is 12.8 Å². The zero-order valence-corrected chi connectivity index (χ0v) is 13.7. The fraction of sp³-hybridized carbons (Fsp3) is 0.571. The summed E-state index contributed by atoms with van der Waals surface area (Å²) in [6.07, 6.45) is 3.90. The summed E-state index contributed by atoms with van der Waals surface area (Å²) in [7, 11) is -3.35. The Labute approximate surface area is 132 Å². The van der Waals surface area contributed by atoms with E-state index in [9.17, 15) is 23.1 Å². The van der Waals surface area contributed by atoms with Crippen LogP contribution < -0.4 is 0 Å². The van der Waals surface area contributed by atoms with Gasteiger partial charge in [-0.3, -0.25) is 4.79 Å². The van der Waals surface area contributed by atoms with Gasteiger partial charge in [0.25, 0.3) is 5.91 Å². The van der Waals surface area contributed by atoms with Crippen LogP contribution in [0.4, 0.5) is 0 Å². The summed E-state index contributed by atoms with van der Waals surface area (Å²) < 4.78 is 23.2. The maximum absolute atomic E-state index is 12.6. The van der Waals surface area contributed by atoms with E-state index in [1.165, 1.54) is 17.0 Å². The highest BCUT2D eigenvalue weighted by atomic mass is 32.2. The van der Waals surface area contributed by atoms with Crippen molar-refractivity contribution in [2.45, 2.75) is 29.5 Å². The zero-order valence-electron chi connectivity index (χ0n) is 12.1. The molecule has 8 heteroatoms. The number of fused-ring (bicyclic) bond motifs is 1. The maximum Gasteiger partial charge on any atom is 0.326 e. The van der Waals surface area contributed by atoms with Gasteiger partial charge >= 0.3 is 5.97 Å². The number of amides is 1. The molecule has 1 aromatic rings. The first-order valence-electron chi connectivity index (χ1n) is 7.12. The number of likely N-dealkylation sites (tertiary alicyclic amines) is 1. The fourth-order valence-corrected chi connectivity index (χ4v) is 5.49. The smallest absolute Gasteiger partial charge is 0.326 e. The highest BCUT2D eigenvalue weighted by Crippen LogP contribution is 2.43. The van der Waals surface area contributed by atoms with Gasteiger partial charge in [-0.25, -0.2) is 13.2 Å². The lowest BCUT2D eigenvalue weighted by Gasteiger charge is -2.23. The molecule has 0 aromatic carbocycles. The standard InChI is InChI=1S/C14H17NO5S2/c1-22(19,20)11-6-5-10(21-11)13(16)15-7-8-3-2-4-9(8)12(15)14(17)18/h5-6,8-9,12H,2-4,7H2,1H3,(H,17,18). The molecule has 6 nitrogen and oxygen atoms in total. The van der Waals surface area contributed by atoms with Crippen LogP contribution >= 0.6 is 11.3 Å². The molecule has 1 aliphatic heterocycles. The molecule has 2 heterocycles. The van der Waals surface area contributed by atoms with Crippen molar-refractivity contribution in [1.82, 2.24) is 4.90 Å². The van der Waals surface area contributed by atoms with Gasteiger partial charge < -0.3 is 10.0 Å². The first-order valence-corrected chi connectivity index (χ1v) is 9.83. The van der Waals surface area contributed by atoms with Gasteiger partial charge in [0.1, 0.15) is 10.3 Å². The van der Waals surface area contributed by atoms with Crippen LogP contribution in [0.15, 0.2) is 16.3 Å². The predicted octanol–water partition coefficient (Wildman–Crippen LogP) is 1.48. The maximum atomic E-state index is 12.6. The monoisotopic (exact) mass is 343 g/mol. The van der Waals surface area contributed by atoms with E-state index in [1.54, 1.807) is 0 Å². The van der Waals surface area contributed by atoms with Gasteiger partial charge in [-0.2, -0.15) is 0 Å². The van der Waals surface area contributed by atoms with Gasteiger partial charge in [0.2, 0.25) is 0 Å². The predicted molar refractivity (Wildman–Crippen MR) is 80.7 cm³/mol. The van der Waals surface area contributed by atoms with Crippen LogP contribution in [-0.2, 0) is 14.6 Å². The molecule has 1 amide bonds. The lowest BCUT2D eigenvalue weighted by molar-refractivity contribution is -0.142. The summed E-state index contributed by atoms with van der Waals surface area (Å²) in [6, 6.07) is 2.08. The van der Waals surface area contributed by atoms with E-state index < -0.39 is 21.8 Å². The van der Waals surface area contributed by atoms with Gasteiger partial charge in [-0.05, 0) is 36.8 Å². The zero-order chi connectivity index (χ0) is 16.1. The van der Waals surface area contributed by atoms with Crippen LogP contribution in [0.25, 0.3) is 0 Å². The Hall–Kier alpha value is -1.41. The molecule has 120 valence electrons. The largest absolute Gasteiger partial charge is 0.480 e. The molecule has 1 aromatic heterocycles. The van der Waals surface area contributed by atoms with Crippen LogP contribution in [0.5, 0.6) is 0 Å². The minimum absolute atomic E-state index is 0.0239. The third-order valence-electron chi connectivity index (χ3n) is 4.56. The van der Waals surface area contributed by atoms with Crippen molar-refractivity contribution in [2.24, 2.45) is 11.8 Å². The minimum Gasteiger partial charge on any atom is -0.480 e. The third kappa shape index (κ3) is 2.54. The van der Waals surface area contributed by atoms with E-state index >= 15 is 0 Å². The molecule has 2 fully saturated rings. The van der Waals surface area contributed by atoms with Crippen molar-refractivity contribution in [2.75, 3.05) is 12.8 Å². The number of nitrogens with zero attached hydrogens (tertiary/aromatic N) is 1. The third-order valence-corrected chi connectivity index (χ3v) is 7.45. The number of sulfone groups is 1. The normalized spacial score (nSPS) is 27.9. The molecule has 0 spiro atoms. The summed E-state index contributed by atoms with van der Waals surface area (Å²) >= 11 is 0.904. The van der Waals surface area contributed by atoms with Crippen LogP contribution in [0.1, 0.15) is 28.9 Å². The summed E-state index contributed by atoms with van der Waals surface area (Å²) in [5.74, 6) is -1.07. The molecule has 1 saturated heterocycles. The summed E-state index contributed by atoms with van der Waals surface area (Å²) in [4.78, 5) is 25.9. The highest BCUT2D eigenvalue weighted by Gasteiger charge is 2.49. The molecular formula is C14H17NO5S2. The lowest BCUT2D eigenvalue weighted by Crippen LogP contribution is -2.43. The van der Waals surface area contributed by atoms with E-state index in [0.717, 1.165) is 36.9 Å². The van der Waals surface area contributed by atoms with E-state index in [1.807, 2.05) is 0 Å². The summed E-state index contributed by atoms with van der Waals surface area (Å²) in [6.45, 7) is 0.451. The fourth-order valence-electron chi connectivity index (χ4n) is 3.61. The molecule has 1 N–H and O–H groups in total. The molecule has 3 rings (SSSR count). The second-order valence-corrected chi connectivity index (χ2v) is 9.31. The van der Waals surface area contributed by atoms with Crippen molar-refractivity contribution in [3.05, 3.63) is 17.0 Å². The summed E-state index contributed by atoms with van der Waals surface area (Å²) in [5.41, 5.74) is 0. The Balaban J connectivity index is 1.88. The van der Waals surface area contributed by atoms with Crippen molar-refractivity contribution in [3.8, 4) is 0 Å². The van der Waals surface area contributed by atoms with E-state index in [0.29, 0.717) is 6.54 Å². The number of carboxylic acids is 1. The van der Waals surface area contributed by atoms with E-state index in [2.05, 4.69) is 0 Å². The van der Waals surface area contributed by atoms with Crippen molar-refractivity contribution in [3.63, 3.8) is 0 Å². The molecule has 2 aliphatic rings. The van der Waals surface area contributed by atoms with Crippen LogP contribution in [0.3, 0.4) is 0 Å². The van der Waals surface area contributed by atoms with Gasteiger partial charge in [-0.1, -0.05) is 6.42 Å². The molecule has 22 heavy (non-hydrogen) atoms. The Morgan fingerprint density at radius 2 is 2.05 bits per heavy atom. The molecule has 3 unspecified atom stereocenters. The van der Waals surface area contributed by atoms with Gasteiger partial charge in [0.05, 0.1) is 4.88 Å². The van der Waals surface area contributed by atoms with Crippen molar-refractivity contribution >= 4 is 33.1 Å². The van der Waals surface area contributed by atoms with Gasteiger partial charge in [0.15, 0.2) is 9.84 Å². The average Bonchev–Trinajstić information content (AvgIpc) is 3.11. The average molecular weight is 343 g/mol. The number of aliphatic carboxylic acids is 1. The Morgan fingerprint density at radius 1 is 1.32 bits per heavy atom. The molecule has 1 saturated carbocycles. The highest BCUT2D eigenvalue weighted by molar-refractivity contribution is 7.92. The number of carboxylic acid groups (broad SMARTS) is 1. The Kier molecular flexibility index (Phi) is 3.76. The minimum atomic E-state index is -3.35. The number of hydrogen-bond donors (Lipinski definition) is 1. The first kappa shape index (κ1) is 15.5. The lowest BCUT2D eigenvalue weighted by atomic mass is 9.94. The number of thiophene rings is 1. The molecule has 0 bridgehead atoms. The molecular weight excluding hydrogens is 326 g/mol. The topological polar surface area (TPSA) is 91.8 Å². The van der Waals surface area contributed by atoms with E-state index in [-0.39, 0.29) is 26.8 Å². The van der Waals surface area contributed by atoms with Crippen molar-refractivity contribution < 1.29 is 23.1 Å². The number of rotatable bonds is 3.